The quantitative estimate of drug-likeness (QED) is 0.534. The first-order chi connectivity index (χ1) is 16.2. The van der Waals surface area contributed by atoms with E-state index >= 15 is 0 Å². The molecule has 0 radical (unpaired) electrons. The van der Waals surface area contributed by atoms with Gasteiger partial charge < -0.3 is 15.5 Å². The zero-order valence-corrected chi connectivity index (χ0v) is 21.1. The van der Waals surface area contributed by atoms with E-state index in [9.17, 15) is 9.59 Å². The fourth-order valence-corrected chi connectivity index (χ4v) is 5.15. The van der Waals surface area contributed by atoms with Crippen LogP contribution in [-0.4, -0.2) is 27.9 Å². The Balaban J connectivity index is 1.74. The molecule has 0 aliphatic carbocycles. The molecule has 2 N–H and O–H groups in total. The highest BCUT2D eigenvalue weighted by Crippen LogP contribution is 2.45. The monoisotopic (exact) mass is 494 g/mol. The zero-order valence-electron chi connectivity index (χ0n) is 19.6. The maximum Gasteiger partial charge on any atom is 0.255 e. The Kier molecular flexibility index (Phi) is 7.14. The van der Waals surface area contributed by atoms with Crippen LogP contribution >= 0.6 is 23.4 Å². The molecule has 8 heteroatoms. The molecule has 0 spiro atoms. The number of amides is 2. The molecule has 2 heterocycles. The lowest BCUT2D eigenvalue weighted by Crippen LogP contribution is -2.39. The van der Waals surface area contributed by atoms with Gasteiger partial charge >= 0.3 is 0 Å². The van der Waals surface area contributed by atoms with Crippen molar-refractivity contribution in [2.24, 2.45) is 4.99 Å². The molecule has 2 aliphatic rings. The van der Waals surface area contributed by atoms with Crippen molar-refractivity contribution in [3.05, 3.63) is 87.1 Å². The Morgan fingerprint density at radius 1 is 1.12 bits per heavy atom. The van der Waals surface area contributed by atoms with Crippen LogP contribution in [0.15, 0.2) is 75.9 Å². The molecule has 2 aliphatic heterocycles. The van der Waals surface area contributed by atoms with Crippen LogP contribution in [0.25, 0.3) is 0 Å². The van der Waals surface area contributed by atoms with Crippen LogP contribution in [0.5, 0.6) is 0 Å². The number of para-hydroxylation sites is 1. The van der Waals surface area contributed by atoms with Crippen LogP contribution in [0.1, 0.15) is 44.4 Å². The number of anilines is 1. The van der Waals surface area contributed by atoms with E-state index < -0.39 is 6.04 Å². The number of thioether (sulfide) groups is 1. The molecular formula is C26H27ClN4O2S. The molecule has 4 rings (SSSR count). The molecule has 2 aromatic rings. The number of amidine groups is 1. The van der Waals surface area contributed by atoms with Crippen molar-refractivity contribution in [3.8, 4) is 0 Å². The molecule has 2 amide bonds. The van der Waals surface area contributed by atoms with E-state index in [-0.39, 0.29) is 24.3 Å². The summed E-state index contributed by atoms with van der Waals surface area (Å²) in [5.41, 5.74) is 4.59. The average Bonchev–Trinajstić information content (AvgIpc) is 3.16. The summed E-state index contributed by atoms with van der Waals surface area (Å²) in [5.74, 6) is -0.299. The summed E-state index contributed by atoms with van der Waals surface area (Å²) in [6.45, 7) is 7.67. The highest BCUT2D eigenvalue weighted by Gasteiger charge is 2.40. The second-order valence-corrected chi connectivity index (χ2v) is 9.89. The van der Waals surface area contributed by atoms with Crippen LogP contribution in [-0.2, 0) is 9.59 Å². The van der Waals surface area contributed by atoms with Crippen molar-refractivity contribution in [1.82, 2.24) is 10.2 Å². The minimum absolute atomic E-state index is 0.0429. The summed E-state index contributed by atoms with van der Waals surface area (Å²) >= 11 is 7.63. The van der Waals surface area contributed by atoms with E-state index in [1.165, 1.54) is 11.8 Å². The number of aryl methyl sites for hydroxylation is 1. The van der Waals surface area contributed by atoms with Crippen LogP contribution in [0, 0.1) is 6.92 Å². The standard InChI is InChI=1S/C26H27ClN4O2S/c1-15(2)28-22(32)13-20-14-34-26-29-17(4)23(25(33)30-21-8-6-5-7-16(21)3)24(31(20)26)18-9-11-19(27)12-10-18/h5-12,14-15,24H,13H2,1-4H3,(H,28,32)(H,30,33). The van der Waals surface area contributed by atoms with Crippen LogP contribution in [0.2, 0.25) is 5.02 Å². The molecule has 0 fully saturated rings. The molecule has 0 aromatic heterocycles. The third-order valence-electron chi connectivity index (χ3n) is 5.62. The van der Waals surface area contributed by atoms with E-state index in [0.717, 1.165) is 27.7 Å². The van der Waals surface area contributed by atoms with Gasteiger partial charge in [-0.2, -0.15) is 0 Å². The lowest BCUT2D eigenvalue weighted by atomic mass is 9.93. The van der Waals surface area contributed by atoms with Gasteiger partial charge in [-0.3, -0.25) is 9.59 Å². The number of allylic oxidation sites excluding steroid dienone is 1. The highest BCUT2D eigenvalue weighted by molar-refractivity contribution is 8.16. The number of rotatable bonds is 6. The normalized spacial score (nSPS) is 17.4. The van der Waals surface area contributed by atoms with E-state index in [0.29, 0.717) is 16.3 Å². The van der Waals surface area contributed by atoms with Gasteiger partial charge in [0.05, 0.1) is 23.7 Å². The Morgan fingerprint density at radius 3 is 2.50 bits per heavy atom. The summed E-state index contributed by atoms with van der Waals surface area (Å²) < 4.78 is 0. The summed E-state index contributed by atoms with van der Waals surface area (Å²) in [4.78, 5) is 33.0. The highest BCUT2D eigenvalue weighted by atomic mass is 35.5. The van der Waals surface area contributed by atoms with Crippen molar-refractivity contribution in [3.63, 3.8) is 0 Å². The molecule has 176 valence electrons. The van der Waals surface area contributed by atoms with Crippen molar-refractivity contribution >= 4 is 46.0 Å². The Hall–Kier alpha value is -3.03. The second-order valence-electron chi connectivity index (χ2n) is 8.61. The van der Waals surface area contributed by atoms with E-state index in [1.54, 1.807) is 0 Å². The van der Waals surface area contributed by atoms with Crippen molar-refractivity contribution in [1.29, 1.82) is 0 Å². The molecular weight excluding hydrogens is 468 g/mol. The summed E-state index contributed by atoms with van der Waals surface area (Å²) in [7, 11) is 0. The maximum atomic E-state index is 13.6. The zero-order chi connectivity index (χ0) is 24.4. The molecule has 34 heavy (non-hydrogen) atoms. The van der Waals surface area contributed by atoms with Crippen molar-refractivity contribution < 1.29 is 9.59 Å². The van der Waals surface area contributed by atoms with E-state index in [1.807, 2.05) is 86.5 Å². The predicted molar refractivity (Wildman–Crippen MR) is 140 cm³/mol. The topological polar surface area (TPSA) is 73.8 Å². The van der Waals surface area contributed by atoms with Crippen LogP contribution in [0.4, 0.5) is 5.69 Å². The van der Waals surface area contributed by atoms with Gasteiger partial charge in [0.25, 0.3) is 5.91 Å². The number of carbonyl (C=O) groups excluding carboxylic acids is 2. The van der Waals surface area contributed by atoms with Gasteiger partial charge in [-0.15, -0.1) is 0 Å². The smallest absolute Gasteiger partial charge is 0.255 e. The number of aliphatic imine (C=N–C) groups is 1. The Morgan fingerprint density at radius 2 is 1.82 bits per heavy atom. The third kappa shape index (κ3) is 5.05. The number of nitrogens with one attached hydrogen (secondary N) is 2. The lowest BCUT2D eigenvalue weighted by molar-refractivity contribution is -0.121. The molecule has 0 saturated heterocycles. The van der Waals surface area contributed by atoms with E-state index in [4.69, 9.17) is 16.6 Å². The second kappa shape index (κ2) is 10.1. The molecule has 6 nitrogen and oxygen atoms in total. The van der Waals surface area contributed by atoms with Crippen LogP contribution < -0.4 is 10.6 Å². The minimum atomic E-state index is -0.443. The largest absolute Gasteiger partial charge is 0.354 e. The first kappa shape index (κ1) is 24.1. The van der Waals surface area contributed by atoms with Gasteiger partial charge in [0, 0.05) is 22.4 Å². The molecule has 1 atom stereocenters. The number of hydrogen-bond acceptors (Lipinski definition) is 5. The first-order valence-corrected chi connectivity index (χ1v) is 12.4. The fourth-order valence-electron chi connectivity index (χ4n) is 4.06. The van der Waals surface area contributed by atoms with Gasteiger partial charge in [-0.05, 0) is 62.4 Å². The number of benzene rings is 2. The molecule has 1 unspecified atom stereocenters. The minimum Gasteiger partial charge on any atom is -0.354 e. The van der Waals surface area contributed by atoms with Gasteiger partial charge in [-0.25, -0.2) is 4.99 Å². The average molecular weight is 495 g/mol. The lowest BCUT2D eigenvalue weighted by Gasteiger charge is -2.36. The molecule has 2 aromatic carbocycles. The van der Waals surface area contributed by atoms with Gasteiger partial charge in [0.2, 0.25) is 5.91 Å². The summed E-state index contributed by atoms with van der Waals surface area (Å²) in [5, 5.41) is 9.31. The van der Waals surface area contributed by atoms with Crippen molar-refractivity contribution in [2.45, 2.75) is 46.2 Å². The van der Waals surface area contributed by atoms with Gasteiger partial charge in [0.1, 0.15) is 0 Å². The van der Waals surface area contributed by atoms with Gasteiger partial charge in [0.15, 0.2) is 5.17 Å². The summed E-state index contributed by atoms with van der Waals surface area (Å²) in [6, 6.07) is 14.7. The number of carbonyl (C=O) groups is 2. The molecule has 0 saturated carbocycles. The predicted octanol–water partition coefficient (Wildman–Crippen LogP) is 5.78. The maximum absolute atomic E-state index is 13.6. The number of fused-ring (bicyclic) bond motifs is 1. The molecule has 0 bridgehead atoms. The third-order valence-corrected chi connectivity index (χ3v) is 6.76. The van der Waals surface area contributed by atoms with Gasteiger partial charge in [-0.1, -0.05) is 53.7 Å². The first-order valence-electron chi connectivity index (χ1n) is 11.1. The fraction of sp³-hybridized carbons (Fsp3) is 0.269. The van der Waals surface area contributed by atoms with E-state index in [2.05, 4.69) is 10.6 Å². The van der Waals surface area contributed by atoms with Crippen LogP contribution in [0.3, 0.4) is 0 Å². The SMILES string of the molecule is CC1=C(C(=O)Nc2ccccc2C)C(c2ccc(Cl)cc2)N2C(CC(=O)NC(C)C)=CSC2=N1. The van der Waals surface area contributed by atoms with Crippen molar-refractivity contribution in [2.75, 3.05) is 5.32 Å². The Bertz CT molecular complexity index is 1220. The number of halogens is 1. The number of nitrogens with zero attached hydrogens (tertiary/aromatic N) is 2. The number of hydrogen-bond donors (Lipinski definition) is 2. The Labute approximate surface area is 209 Å². The summed E-state index contributed by atoms with van der Waals surface area (Å²) in [6.07, 6.45) is 0.194.